The van der Waals surface area contributed by atoms with Crippen LogP contribution in [-0.2, 0) is 0 Å². The highest BCUT2D eigenvalue weighted by atomic mass is 14.4. The van der Waals surface area contributed by atoms with E-state index < -0.39 is 0 Å². The lowest BCUT2D eigenvalue weighted by atomic mass is 9.95. The van der Waals surface area contributed by atoms with Crippen LogP contribution in [0.2, 0.25) is 0 Å². The van der Waals surface area contributed by atoms with Crippen molar-refractivity contribution in [1.82, 2.24) is 0 Å². The molecule has 1 aliphatic carbocycles. The Balaban J connectivity index is 2.49. The molecule has 0 aromatic carbocycles. The van der Waals surface area contributed by atoms with E-state index in [9.17, 15) is 0 Å². The van der Waals surface area contributed by atoms with Gasteiger partial charge in [-0.05, 0) is 26.2 Å². The summed E-state index contributed by atoms with van der Waals surface area (Å²) in [5, 5.41) is 7.56. The van der Waals surface area contributed by atoms with E-state index >= 15 is 0 Å². The molecule has 1 aliphatic rings. The van der Waals surface area contributed by atoms with Crippen molar-refractivity contribution in [1.29, 1.82) is 5.41 Å². The summed E-state index contributed by atoms with van der Waals surface area (Å²) in [7, 11) is 0. The first-order valence-electron chi connectivity index (χ1n) is 4.64. The summed E-state index contributed by atoms with van der Waals surface area (Å²) in [6.07, 6.45) is 8.48. The molecule has 0 aliphatic heterocycles. The van der Waals surface area contributed by atoms with E-state index in [1.54, 1.807) is 0 Å². The van der Waals surface area contributed by atoms with E-state index in [1.165, 1.54) is 17.6 Å². The topological polar surface area (TPSA) is 23.9 Å². The van der Waals surface area contributed by atoms with Crippen molar-refractivity contribution < 1.29 is 0 Å². The van der Waals surface area contributed by atoms with Gasteiger partial charge < -0.3 is 5.41 Å². The summed E-state index contributed by atoms with van der Waals surface area (Å²) in [4.78, 5) is 0. The lowest BCUT2D eigenvalue weighted by Crippen LogP contribution is -1.99. The molecule has 0 amide bonds. The van der Waals surface area contributed by atoms with Gasteiger partial charge in [0.15, 0.2) is 0 Å². The molecule has 0 spiro atoms. The van der Waals surface area contributed by atoms with Gasteiger partial charge in [-0.2, -0.15) is 0 Å². The fraction of sp³-hybridized carbons (Fsp3) is 0.545. The van der Waals surface area contributed by atoms with Crippen LogP contribution in [0, 0.1) is 5.41 Å². The minimum Gasteiger partial charge on any atom is -0.309 e. The SMILES string of the molecule is CCC(=N)CC1=CC=C(C)CC1. The zero-order chi connectivity index (χ0) is 8.97. The quantitative estimate of drug-likeness (QED) is 0.616. The minimum atomic E-state index is 0.856. The average molecular weight is 163 g/mol. The summed E-state index contributed by atoms with van der Waals surface area (Å²) in [5.74, 6) is 0. The number of allylic oxidation sites excluding steroid dienone is 4. The van der Waals surface area contributed by atoms with Gasteiger partial charge in [0, 0.05) is 12.1 Å². The van der Waals surface area contributed by atoms with E-state index in [0.29, 0.717) is 0 Å². The maximum absolute atomic E-state index is 7.56. The largest absolute Gasteiger partial charge is 0.309 e. The van der Waals surface area contributed by atoms with Crippen molar-refractivity contribution in [3.8, 4) is 0 Å². The number of rotatable bonds is 3. The molecule has 1 nitrogen and oxygen atoms in total. The summed E-state index contributed by atoms with van der Waals surface area (Å²) in [6.45, 7) is 4.21. The monoisotopic (exact) mass is 163 g/mol. The Bertz CT molecular complexity index is 233. The van der Waals surface area contributed by atoms with Gasteiger partial charge in [-0.25, -0.2) is 0 Å². The Kier molecular flexibility index (Phi) is 3.27. The van der Waals surface area contributed by atoms with Gasteiger partial charge in [0.1, 0.15) is 0 Å². The van der Waals surface area contributed by atoms with Crippen molar-refractivity contribution in [3.63, 3.8) is 0 Å². The van der Waals surface area contributed by atoms with Crippen LogP contribution < -0.4 is 0 Å². The maximum atomic E-state index is 7.56. The fourth-order valence-corrected chi connectivity index (χ4v) is 1.33. The Labute approximate surface area is 74.7 Å². The van der Waals surface area contributed by atoms with Crippen LogP contribution in [0.4, 0.5) is 0 Å². The molecule has 0 radical (unpaired) electrons. The highest BCUT2D eigenvalue weighted by molar-refractivity contribution is 5.83. The molecule has 1 rings (SSSR count). The van der Waals surface area contributed by atoms with E-state index in [1.807, 2.05) is 6.92 Å². The van der Waals surface area contributed by atoms with Gasteiger partial charge in [-0.3, -0.25) is 0 Å². The van der Waals surface area contributed by atoms with Gasteiger partial charge in [0.05, 0.1) is 0 Å². The predicted molar refractivity (Wildman–Crippen MR) is 53.7 cm³/mol. The lowest BCUT2D eigenvalue weighted by Gasteiger charge is -2.11. The molecule has 0 heterocycles. The second kappa shape index (κ2) is 4.24. The predicted octanol–water partition coefficient (Wildman–Crippen LogP) is 3.47. The maximum Gasteiger partial charge on any atom is 0.0127 e. The molecule has 0 aromatic rings. The molecule has 0 atom stereocenters. The molecule has 1 N–H and O–H groups in total. The molecule has 0 saturated carbocycles. The summed E-state index contributed by atoms with van der Waals surface area (Å²) in [5.41, 5.74) is 3.74. The molecule has 0 fully saturated rings. The molecule has 0 saturated heterocycles. The third-order valence-corrected chi connectivity index (χ3v) is 2.31. The molecule has 0 unspecified atom stereocenters. The lowest BCUT2D eigenvalue weighted by molar-refractivity contribution is 0.881. The summed E-state index contributed by atoms with van der Waals surface area (Å²) in [6, 6.07) is 0. The third kappa shape index (κ3) is 2.65. The van der Waals surface area contributed by atoms with Crippen molar-refractivity contribution >= 4 is 5.71 Å². The smallest absolute Gasteiger partial charge is 0.0127 e. The van der Waals surface area contributed by atoms with E-state index in [2.05, 4.69) is 19.1 Å². The van der Waals surface area contributed by atoms with Gasteiger partial charge in [-0.15, -0.1) is 0 Å². The van der Waals surface area contributed by atoms with Crippen molar-refractivity contribution in [2.75, 3.05) is 0 Å². The molecule has 12 heavy (non-hydrogen) atoms. The van der Waals surface area contributed by atoms with Gasteiger partial charge in [0.25, 0.3) is 0 Å². The van der Waals surface area contributed by atoms with E-state index in [0.717, 1.165) is 25.0 Å². The molecular weight excluding hydrogens is 146 g/mol. The van der Waals surface area contributed by atoms with Crippen LogP contribution in [0.25, 0.3) is 0 Å². The second-order valence-electron chi connectivity index (χ2n) is 3.47. The van der Waals surface area contributed by atoms with Crippen molar-refractivity contribution in [3.05, 3.63) is 23.3 Å². The first-order chi connectivity index (χ1) is 5.72. The van der Waals surface area contributed by atoms with Gasteiger partial charge >= 0.3 is 0 Å². The Morgan fingerprint density at radius 3 is 2.67 bits per heavy atom. The van der Waals surface area contributed by atoms with E-state index in [4.69, 9.17) is 5.41 Å². The normalized spacial score (nSPS) is 16.8. The molecule has 0 bridgehead atoms. The Hall–Kier alpha value is -0.850. The van der Waals surface area contributed by atoms with Crippen LogP contribution in [0.1, 0.15) is 39.5 Å². The Morgan fingerprint density at radius 1 is 1.42 bits per heavy atom. The molecule has 0 aromatic heterocycles. The molecule has 66 valence electrons. The molecule has 1 heteroatoms. The highest BCUT2D eigenvalue weighted by Crippen LogP contribution is 2.20. The average Bonchev–Trinajstić information content (AvgIpc) is 2.09. The van der Waals surface area contributed by atoms with Crippen LogP contribution in [0.5, 0.6) is 0 Å². The van der Waals surface area contributed by atoms with Gasteiger partial charge in [-0.1, -0.05) is 30.2 Å². The zero-order valence-electron chi connectivity index (χ0n) is 7.98. The number of hydrogen-bond donors (Lipinski definition) is 1. The van der Waals surface area contributed by atoms with Crippen LogP contribution in [0.3, 0.4) is 0 Å². The third-order valence-electron chi connectivity index (χ3n) is 2.31. The minimum absolute atomic E-state index is 0.856. The van der Waals surface area contributed by atoms with Crippen molar-refractivity contribution in [2.24, 2.45) is 0 Å². The van der Waals surface area contributed by atoms with Crippen molar-refractivity contribution in [2.45, 2.75) is 39.5 Å². The number of nitrogens with one attached hydrogen (secondary N) is 1. The highest BCUT2D eigenvalue weighted by Gasteiger charge is 2.04. The molecular formula is C11H17N. The van der Waals surface area contributed by atoms with Crippen LogP contribution in [0.15, 0.2) is 23.3 Å². The summed E-state index contributed by atoms with van der Waals surface area (Å²) >= 11 is 0. The second-order valence-corrected chi connectivity index (χ2v) is 3.47. The zero-order valence-corrected chi connectivity index (χ0v) is 7.98. The Morgan fingerprint density at radius 2 is 2.17 bits per heavy atom. The number of hydrogen-bond acceptors (Lipinski definition) is 1. The summed E-state index contributed by atoms with van der Waals surface area (Å²) < 4.78 is 0. The van der Waals surface area contributed by atoms with Crippen LogP contribution >= 0.6 is 0 Å². The first kappa shape index (κ1) is 9.24. The van der Waals surface area contributed by atoms with E-state index in [-0.39, 0.29) is 0 Å². The van der Waals surface area contributed by atoms with Crippen LogP contribution in [-0.4, -0.2) is 5.71 Å². The standard InChI is InChI=1S/C11H17N/c1-3-11(12)8-10-6-4-9(2)5-7-10/h4,6,12H,3,5,7-8H2,1-2H3. The first-order valence-corrected chi connectivity index (χ1v) is 4.64. The fourth-order valence-electron chi connectivity index (χ4n) is 1.33. The van der Waals surface area contributed by atoms with Gasteiger partial charge in [0.2, 0.25) is 0 Å².